The number of nitrogens with zero attached hydrogens (tertiary/aromatic N) is 1. The number of carbonyl (C=O) groups excluding carboxylic acids is 2. The van der Waals surface area contributed by atoms with Crippen LogP contribution in [0.4, 0.5) is 8.68 Å². The van der Waals surface area contributed by atoms with Gasteiger partial charge in [0.25, 0.3) is 5.91 Å². The number of urea groups is 1. The maximum absolute atomic E-state index is 12.4. The van der Waals surface area contributed by atoms with Crippen LogP contribution in [0.25, 0.3) is 0 Å². The summed E-state index contributed by atoms with van der Waals surface area (Å²) in [5, 5.41) is 37.3. The Morgan fingerprint density at radius 1 is 0.972 bits per heavy atom. The molecule has 0 aromatic heterocycles. The summed E-state index contributed by atoms with van der Waals surface area (Å²) < 4.78 is 12.4. The van der Waals surface area contributed by atoms with E-state index < -0.39 is 48.4 Å². The van der Waals surface area contributed by atoms with E-state index in [1.807, 2.05) is 5.32 Å². The molecule has 0 saturated heterocycles. The smallest absolute Gasteiger partial charge is 0.326 e. The van der Waals surface area contributed by atoms with E-state index in [4.69, 9.17) is 15.1 Å². The first-order chi connectivity index (χ1) is 17.1. The molecule has 2 atom stereocenters. The van der Waals surface area contributed by atoms with Gasteiger partial charge < -0.3 is 36.1 Å². The highest BCUT2D eigenvalue weighted by atomic mass is 32.2. The highest BCUT2D eigenvalue weighted by Crippen LogP contribution is 2.18. The van der Waals surface area contributed by atoms with Crippen LogP contribution in [-0.2, 0) is 24.0 Å². The largest absolute Gasteiger partial charge is 0.481 e. The summed E-state index contributed by atoms with van der Waals surface area (Å²) in [7, 11) is 0. The van der Waals surface area contributed by atoms with Crippen molar-refractivity contribution in [3.63, 3.8) is 0 Å². The molecule has 1 rings (SSSR count). The highest BCUT2D eigenvalue weighted by molar-refractivity contribution is 7.94. The lowest BCUT2D eigenvalue weighted by atomic mass is 10.1. The highest BCUT2D eigenvalue weighted by Gasteiger charge is 2.24. The molecule has 0 saturated carbocycles. The van der Waals surface area contributed by atoms with E-state index in [0.29, 0.717) is 23.3 Å². The first-order valence-corrected chi connectivity index (χ1v) is 11.4. The summed E-state index contributed by atoms with van der Waals surface area (Å²) in [5.74, 6) is -4.48. The Morgan fingerprint density at radius 3 is 2.14 bits per heavy atom. The minimum atomic E-state index is -1.49. The van der Waals surface area contributed by atoms with E-state index in [2.05, 4.69) is 15.8 Å². The number of carboxylic acid groups (broad SMARTS) is 3. The number of carbonyl (C=O) groups is 5. The van der Waals surface area contributed by atoms with E-state index in [9.17, 15) is 33.0 Å². The van der Waals surface area contributed by atoms with Gasteiger partial charge in [-0.25, -0.2) is 14.4 Å². The van der Waals surface area contributed by atoms with E-state index in [1.54, 1.807) is 24.3 Å². The predicted molar refractivity (Wildman–Crippen MR) is 125 cm³/mol. The second-order valence-corrected chi connectivity index (χ2v) is 7.96. The monoisotopic (exact) mass is 530 g/mol. The molecule has 1 aromatic rings. The fraction of sp³-hybridized carbons (Fsp3) is 0.429. The molecule has 1 aromatic carbocycles. The molecule has 0 aliphatic rings. The van der Waals surface area contributed by atoms with Gasteiger partial charge >= 0.3 is 23.9 Å². The average Bonchev–Trinajstić information content (AvgIpc) is 2.83. The van der Waals surface area contributed by atoms with Crippen molar-refractivity contribution in [2.45, 2.75) is 49.1 Å². The van der Waals surface area contributed by atoms with Crippen molar-refractivity contribution in [2.24, 2.45) is 5.16 Å². The van der Waals surface area contributed by atoms with Crippen molar-refractivity contribution in [2.75, 3.05) is 13.2 Å². The fourth-order valence-electron chi connectivity index (χ4n) is 2.69. The second-order valence-electron chi connectivity index (χ2n) is 7.33. The van der Waals surface area contributed by atoms with Crippen LogP contribution in [0.15, 0.2) is 34.3 Å². The van der Waals surface area contributed by atoms with Crippen LogP contribution in [0.5, 0.6) is 0 Å². The number of rotatable bonds is 17. The minimum absolute atomic E-state index is 0.00594. The lowest BCUT2D eigenvalue weighted by Gasteiger charge is -2.18. The van der Waals surface area contributed by atoms with Crippen molar-refractivity contribution in [3.05, 3.63) is 29.8 Å². The molecule has 0 radical (unpaired) electrons. The van der Waals surface area contributed by atoms with Gasteiger partial charge in [-0.2, -0.15) is 3.89 Å². The molecule has 0 heterocycles. The fourth-order valence-corrected chi connectivity index (χ4v) is 2.93. The molecule has 2 unspecified atom stereocenters. The van der Waals surface area contributed by atoms with E-state index in [1.165, 1.54) is 6.21 Å². The molecule has 36 heavy (non-hydrogen) atoms. The van der Waals surface area contributed by atoms with Crippen LogP contribution < -0.4 is 16.0 Å². The first kappa shape index (κ1) is 30.2. The van der Waals surface area contributed by atoms with Gasteiger partial charge in [-0.05, 0) is 43.4 Å². The van der Waals surface area contributed by atoms with Crippen molar-refractivity contribution in [3.8, 4) is 0 Å². The molecule has 0 aliphatic carbocycles. The molecule has 198 valence electrons. The lowest BCUT2D eigenvalue weighted by molar-refractivity contribution is -0.140. The summed E-state index contributed by atoms with van der Waals surface area (Å²) in [6, 6.07) is 2.52. The Bertz CT molecular complexity index is 930. The van der Waals surface area contributed by atoms with Gasteiger partial charge in [0.15, 0.2) is 6.61 Å². The standard InChI is InChI=1S/C21H27FN4O9S/c22-36-14-6-4-13(5-7-14)11-24-35-12-17(27)23-10-2-1-3-15(19(30)31)25-21(34)26-16(20(32)33)8-9-18(28)29/h4-7,11,15-16H,1-3,8-10,12H2,(H,23,27)(H,28,29)(H,30,31)(H,32,33)(H2,25,26,34)/b24-11+. The third kappa shape index (κ3) is 13.1. The van der Waals surface area contributed by atoms with Gasteiger partial charge in [-0.1, -0.05) is 17.3 Å². The molecule has 3 amide bonds. The number of nitrogens with one attached hydrogen (secondary N) is 3. The van der Waals surface area contributed by atoms with Crippen molar-refractivity contribution in [1.29, 1.82) is 0 Å². The maximum atomic E-state index is 12.4. The SMILES string of the molecule is O=C(O)CCC(NC(=O)NC(CCCCNC(=O)CO/N=C/c1ccc(SF)cc1)C(=O)O)C(=O)O. The number of aliphatic carboxylic acids is 3. The van der Waals surface area contributed by atoms with Crippen LogP contribution in [0.3, 0.4) is 0 Å². The summed E-state index contributed by atoms with van der Waals surface area (Å²) in [4.78, 5) is 62.1. The van der Waals surface area contributed by atoms with Crippen molar-refractivity contribution in [1.82, 2.24) is 16.0 Å². The molecule has 0 fully saturated rings. The van der Waals surface area contributed by atoms with Crippen LogP contribution >= 0.6 is 12.1 Å². The summed E-state index contributed by atoms with van der Waals surface area (Å²) in [5.41, 5.74) is 0.655. The molecule has 15 heteroatoms. The molecule has 0 bridgehead atoms. The number of hydrogen-bond donors (Lipinski definition) is 6. The maximum Gasteiger partial charge on any atom is 0.326 e. The number of halogens is 1. The Kier molecular flexibility index (Phi) is 14.0. The third-order valence-electron chi connectivity index (χ3n) is 4.54. The number of oxime groups is 1. The topological polar surface area (TPSA) is 204 Å². The van der Waals surface area contributed by atoms with Crippen molar-refractivity contribution < 1.29 is 48.0 Å². The zero-order valence-corrected chi connectivity index (χ0v) is 19.8. The van der Waals surface area contributed by atoms with Gasteiger partial charge in [0.1, 0.15) is 12.1 Å². The van der Waals surface area contributed by atoms with E-state index in [-0.39, 0.29) is 38.1 Å². The summed E-state index contributed by atoms with van der Waals surface area (Å²) in [6.07, 6.45) is 1.21. The Labute approximate surface area is 209 Å². The third-order valence-corrected chi connectivity index (χ3v) is 4.99. The molecule has 6 N–H and O–H groups in total. The molecule has 0 aliphatic heterocycles. The summed E-state index contributed by atoms with van der Waals surface area (Å²) >= 11 is 0.116. The second kappa shape index (κ2) is 16.7. The van der Waals surface area contributed by atoms with Crippen molar-refractivity contribution >= 4 is 48.2 Å². The lowest BCUT2D eigenvalue weighted by Crippen LogP contribution is -2.51. The zero-order chi connectivity index (χ0) is 26.9. The number of hydrogen-bond acceptors (Lipinski definition) is 8. The van der Waals surface area contributed by atoms with E-state index in [0.717, 1.165) is 0 Å². The van der Waals surface area contributed by atoms with Gasteiger partial charge in [0.2, 0.25) is 0 Å². The normalized spacial score (nSPS) is 12.4. The quantitative estimate of drug-likeness (QED) is 0.0969. The van der Waals surface area contributed by atoms with Crippen LogP contribution in [0.2, 0.25) is 0 Å². The number of amides is 3. The Hall–Kier alpha value is -3.88. The summed E-state index contributed by atoms with van der Waals surface area (Å²) in [6.45, 7) is -0.135. The number of benzene rings is 1. The van der Waals surface area contributed by atoms with Crippen LogP contribution in [0.1, 0.15) is 37.7 Å². The molecule has 13 nitrogen and oxygen atoms in total. The molecule has 0 spiro atoms. The van der Waals surface area contributed by atoms with Gasteiger partial charge in [0, 0.05) is 17.9 Å². The van der Waals surface area contributed by atoms with Gasteiger partial charge in [-0.15, -0.1) is 0 Å². The molecular formula is C21H27FN4O9S. The first-order valence-electron chi connectivity index (χ1n) is 10.7. The minimum Gasteiger partial charge on any atom is -0.481 e. The van der Waals surface area contributed by atoms with E-state index >= 15 is 0 Å². The average molecular weight is 531 g/mol. The Balaban J connectivity index is 2.29. The van der Waals surface area contributed by atoms with Gasteiger partial charge in [0.05, 0.1) is 18.4 Å². The zero-order valence-electron chi connectivity index (χ0n) is 19.0. The van der Waals surface area contributed by atoms with Gasteiger partial charge in [-0.3, -0.25) is 9.59 Å². The Morgan fingerprint density at radius 2 is 1.58 bits per heavy atom. The van der Waals surface area contributed by atoms with Crippen LogP contribution in [0, 0.1) is 0 Å². The number of carboxylic acids is 3. The number of unbranched alkanes of at least 4 members (excludes halogenated alkanes) is 1. The molecular weight excluding hydrogens is 503 g/mol. The van der Waals surface area contributed by atoms with Crippen LogP contribution in [-0.4, -0.2) is 76.6 Å². The predicted octanol–water partition coefficient (Wildman–Crippen LogP) is 1.37.